The molecule has 4 rings (SSSR count). The smallest absolute Gasteiger partial charge is 0.290 e. The highest BCUT2D eigenvalue weighted by Crippen LogP contribution is 2.25. The van der Waals surface area contributed by atoms with Crippen molar-refractivity contribution >= 4 is 34.8 Å². The van der Waals surface area contributed by atoms with Gasteiger partial charge in [0.2, 0.25) is 5.89 Å². The van der Waals surface area contributed by atoms with Crippen molar-refractivity contribution in [2.45, 2.75) is 19.8 Å². The van der Waals surface area contributed by atoms with Gasteiger partial charge in [-0.2, -0.15) is 0 Å². The predicted molar refractivity (Wildman–Crippen MR) is 113 cm³/mol. The number of aromatic nitrogens is 2. The van der Waals surface area contributed by atoms with E-state index in [1.807, 2.05) is 37.3 Å². The Labute approximate surface area is 176 Å². The lowest BCUT2D eigenvalue weighted by Gasteiger charge is -2.01. The monoisotopic (exact) mass is 419 g/mol. The Balaban J connectivity index is 1.40. The van der Waals surface area contributed by atoms with Crippen molar-refractivity contribution in [1.29, 1.82) is 0 Å². The lowest BCUT2D eigenvalue weighted by atomic mass is 10.1. The Morgan fingerprint density at radius 3 is 2.63 bits per heavy atom. The van der Waals surface area contributed by atoms with Crippen LogP contribution in [0.25, 0.3) is 17.5 Å². The van der Waals surface area contributed by atoms with E-state index in [0.29, 0.717) is 29.3 Å². The lowest BCUT2D eigenvalue weighted by molar-refractivity contribution is -0.115. The third-order valence-electron chi connectivity index (χ3n) is 4.53. The minimum absolute atomic E-state index is 0.0615. The van der Waals surface area contributed by atoms with Crippen LogP contribution < -0.4 is 5.32 Å². The summed E-state index contributed by atoms with van der Waals surface area (Å²) in [6.07, 6.45) is 3.73. The number of hydrogen-bond acceptors (Lipinski definition) is 7. The zero-order valence-electron chi connectivity index (χ0n) is 16.0. The summed E-state index contributed by atoms with van der Waals surface area (Å²) in [5.74, 6) is 0.740. The Kier molecular flexibility index (Phi) is 5.58. The molecular weight excluding hydrogens is 402 g/mol. The zero-order chi connectivity index (χ0) is 21.1. The topological polar surface area (TPSA) is 102 Å². The lowest BCUT2D eigenvalue weighted by Crippen LogP contribution is -2.17. The Morgan fingerprint density at radius 1 is 1.17 bits per heavy atom. The van der Waals surface area contributed by atoms with Crippen molar-refractivity contribution in [3.63, 3.8) is 0 Å². The van der Waals surface area contributed by atoms with Gasteiger partial charge in [0.05, 0.1) is 16.3 Å². The molecule has 1 fully saturated rings. The molecule has 7 nitrogen and oxygen atoms in total. The van der Waals surface area contributed by atoms with Gasteiger partial charge in [-0.3, -0.25) is 24.7 Å². The molecule has 1 N–H and O–H groups in total. The third kappa shape index (κ3) is 4.38. The summed E-state index contributed by atoms with van der Waals surface area (Å²) >= 11 is 0.825. The molecule has 2 aromatic heterocycles. The van der Waals surface area contributed by atoms with Crippen LogP contribution in [0.2, 0.25) is 0 Å². The maximum Gasteiger partial charge on any atom is 0.290 e. The second-order valence-corrected chi connectivity index (χ2v) is 7.65. The molecule has 0 atom stereocenters. The SMILES string of the molecule is Cc1oc(-c2ccccc2)nc1CCC(=O)c1ccc(/C=C2/SC(=O)NC2=O)nc1. The fraction of sp³-hybridized carbons (Fsp3) is 0.136. The standard InChI is InChI=1S/C22H17N3O4S/c1-13-17(24-21(29-13)14-5-3-2-4-6-14)9-10-18(26)15-7-8-16(23-12-15)11-19-20(27)25-22(28)30-19/h2-8,11-12H,9-10H2,1H3,(H,25,27,28)/b19-11+. The first-order chi connectivity index (χ1) is 14.5. The van der Waals surface area contributed by atoms with Crippen molar-refractivity contribution in [1.82, 2.24) is 15.3 Å². The molecule has 2 amide bonds. The summed E-state index contributed by atoms with van der Waals surface area (Å²) in [7, 11) is 0. The highest BCUT2D eigenvalue weighted by Gasteiger charge is 2.25. The number of carbonyl (C=O) groups is 3. The Bertz CT molecular complexity index is 1150. The molecule has 0 radical (unpaired) electrons. The van der Waals surface area contributed by atoms with E-state index in [9.17, 15) is 14.4 Å². The third-order valence-corrected chi connectivity index (χ3v) is 5.34. The number of oxazole rings is 1. The van der Waals surface area contributed by atoms with Crippen molar-refractivity contribution in [2.24, 2.45) is 0 Å². The van der Waals surface area contributed by atoms with E-state index < -0.39 is 11.1 Å². The summed E-state index contributed by atoms with van der Waals surface area (Å²) in [5, 5.41) is 1.78. The van der Waals surface area contributed by atoms with Gasteiger partial charge in [0.15, 0.2) is 5.78 Å². The molecule has 1 aliphatic heterocycles. The number of hydrogen-bond donors (Lipinski definition) is 1. The Morgan fingerprint density at radius 2 is 1.97 bits per heavy atom. The summed E-state index contributed by atoms with van der Waals surface area (Å²) in [4.78, 5) is 44.3. The molecule has 1 saturated heterocycles. The summed E-state index contributed by atoms with van der Waals surface area (Å²) in [6.45, 7) is 1.84. The number of benzene rings is 1. The number of carbonyl (C=O) groups excluding carboxylic acids is 3. The average Bonchev–Trinajstić information content (AvgIpc) is 3.28. The number of aryl methyl sites for hydroxylation is 2. The van der Waals surface area contributed by atoms with E-state index in [1.165, 1.54) is 12.3 Å². The first-order valence-corrected chi connectivity index (χ1v) is 10.1. The first-order valence-electron chi connectivity index (χ1n) is 9.25. The summed E-state index contributed by atoms with van der Waals surface area (Å²) < 4.78 is 5.73. The zero-order valence-corrected chi connectivity index (χ0v) is 16.9. The molecule has 1 aromatic carbocycles. The maximum absolute atomic E-state index is 12.5. The van der Waals surface area contributed by atoms with Crippen LogP contribution >= 0.6 is 11.8 Å². The Hall–Kier alpha value is -3.52. The van der Waals surface area contributed by atoms with E-state index in [-0.39, 0.29) is 17.1 Å². The summed E-state index contributed by atoms with van der Waals surface area (Å²) in [5.41, 5.74) is 2.62. The van der Waals surface area contributed by atoms with Crippen molar-refractivity contribution in [2.75, 3.05) is 0 Å². The van der Waals surface area contributed by atoms with E-state index in [0.717, 1.165) is 23.0 Å². The molecule has 0 bridgehead atoms. The van der Waals surface area contributed by atoms with Gasteiger partial charge in [0, 0.05) is 30.2 Å². The molecule has 8 heteroatoms. The minimum atomic E-state index is -0.440. The van der Waals surface area contributed by atoms with Crippen LogP contribution in [0, 0.1) is 6.92 Å². The van der Waals surface area contributed by atoms with E-state index in [4.69, 9.17) is 4.42 Å². The number of pyridine rings is 1. The van der Waals surface area contributed by atoms with Crippen LogP contribution in [0.1, 0.15) is 33.9 Å². The largest absolute Gasteiger partial charge is 0.441 e. The van der Waals surface area contributed by atoms with Crippen LogP contribution in [0.3, 0.4) is 0 Å². The van der Waals surface area contributed by atoms with E-state index in [1.54, 1.807) is 12.1 Å². The van der Waals surface area contributed by atoms with Gasteiger partial charge in [-0.05, 0) is 49.0 Å². The molecule has 0 spiro atoms. The van der Waals surface area contributed by atoms with Crippen molar-refractivity contribution in [3.8, 4) is 11.5 Å². The number of nitrogens with zero attached hydrogens (tertiary/aromatic N) is 2. The van der Waals surface area contributed by atoms with Gasteiger partial charge in [-0.15, -0.1) is 0 Å². The highest BCUT2D eigenvalue weighted by atomic mass is 32.2. The van der Waals surface area contributed by atoms with Gasteiger partial charge >= 0.3 is 0 Å². The van der Waals surface area contributed by atoms with E-state index >= 15 is 0 Å². The first kappa shape index (κ1) is 19.8. The van der Waals surface area contributed by atoms with Gasteiger partial charge in [-0.1, -0.05) is 18.2 Å². The molecular formula is C22H17N3O4S. The summed E-state index contributed by atoms with van der Waals surface area (Å²) in [6, 6.07) is 12.9. The highest BCUT2D eigenvalue weighted by molar-refractivity contribution is 8.18. The number of Topliss-reactive ketones (excluding diaryl/α,β-unsaturated/α-hetero) is 1. The number of imide groups is 1. The second kappa shape index (κ2) is 8.46. The van der Waals surface area contributed by atoms with E-state index in [2.05, 4.69) is 15.3 Å². The van der Waals surface area contributed by atoms with Gasteiger partial charge in [0.1, 0.15) is 5.76 Å². The van der Waals surface area contributed by atoms with Crippen LogP contribution in [-0.4, -0.2) is 26.9 Å². The predicted octanol–water partition coefficient (Wildman–Crippen LogP) is 4.18. The maximum atomic E-state index is 12.5. The average molecular weight is 419 g/mol. The molecule has 3 aromatic rings. The fourth-order valence-corrected chi connectivity index (χ4v) is 3.62. The van der Waals surface area contributed by atoms with Gasteiger partial charge in [0.25, 0.3) is 11.1 Å². The van der Waals surface area contributed by atoms with Crippen molar-refractivity contribution < 1.29 is 18.8 Å². The number of rotatable bonds is 6. The van der Waals surface area contributed by atoms with Gasteiger partial charge in [-0.25, -0.2) is 4.98 Å². The van der Waals surface area contributed by atoms with Crippen LogP contribution in [0.15, 0.2) is 58.0 Å². The molecule has 30 heavy (non-hydrogen) atoms. The molecule has 0 saturated carbocycles. The fourth-order valence-electron chi connectivity index (χ4n) is 2.95. The van der Waals surface area contributed by atoms with Crippen LogP contribution in [0.5, 0.6) is 0 Å². The molecule has 3 heterocycles. The number of thioether (sulfide) groups is 1. The normalized spacial score (nSPS) is 14.9. The molecule has 1 aliphatic rings. The number of nitrogens with one attached hydrogen (secondary N) is 1. The van der Waals surface area contributed by atoms with Gasteiger partial charge < -0.3 is 4.42 Å². The number of amides is 2. The molecule has 150 valence electrons. The molecule has 0 aliphatic carbocycles. The minimum Gasteiger partial charge on any atom is -0.441 e. The number of ketones is 1. The van der Waals surface area contributed by atoms with Crippen LogP contribution in [0.4, 0.5) is 4.79 Å². The molecule has 0 unspecified atom stereocenters. The van der Waals surface area contributed by atoms with Crippen LogP contribution in [-0.2, 0) is 11.2 Å². The second-order valence-electron chi connectivity index (χ2n) is 6.64. The quantitative estimate of drug-likeness (QED) is 0.472. The van der Waals surface area contributed by atoms with Crippen molar-refractivity contribution in [3.05, 3.63) is 76.3 Å².